The summed E-state index contributed by atoms with van der Waals surface area (Å²) in [6, 6.07) is 15.0. The number of imidazole rings is 1. The lowest BCUT2D eigenvalue weighted by Gasteiger charge is -2.36. The summed E-state index contributed by atoms with van der Waals surface area (Å²) in [5.74, 6) is -0.148. The van der Waals surface area contributed by atoms with Crippen LogP contribution in [-0.2, 0) is 0 Å². The number of hydrogen-bond acceptors (Lipinski definition) is 2. The molecule has 1 atom stereocenters. The molecule has 2 heterocycles. The highest BCUT2D eigenvalue weighted by Crippen LogP contribution is 2.30. The first-order valence-corrected chi connectivity index (χ1v) is 8.83. The molecule has 4 rings (SSSR count). The third-order valence-corrected chi connectivity index (χ3v) is 5.39. The Hall–Kier alpha value is -2.40. The zero-order valence-corrected chi connectivity index (χ0v) is 14.3. The van der Waals surface area contributed by atoms with E-state index >= 15 is 0 Å². The van der Waals surface area contributed by atoms with E-state index in [0.717, 1.165) is 42.5 Å². The summed E-state index contributed by atoms with van der Waals surface area (Å²) in [7, 11) is 0. The third kappa shape index (κ3) is 2.89. The number of piperidine rings is 1. The Balaban J connectivity index is 1.52. The lowest BCUT2D eigenvalue weighted by atomic mass is 9.99. The van der Waals surface area contributed by atoms with Gasteiger partial charge >= 0.3 is 5.69 Å². The van der Waals surface area contributed by atoms with Gasteiger partial charge in [0.25, 0.3) is 0 Å². The number of fused-ring (bicyclic) bond motifs is 1. The molecule has 0 amide bonds. The Morgan fingerprint density at radius 2 is 1.76 bits per heavy atom. The highest BCUT2D eigenvalue weighted by atomic mass is 19.1. The number of para-hydroxylation sites is 2. The number of likely N-dealkylation sites (tertiary alicyclic amines) is 1. The van der Waals surface area contributed by atoms with Crippen molar-refractivity contribution in [3.05, 3.63) is 70.4 Å². The second-order valence-corrected chi connectivity index (χ2v) is 6.78. The van der Waals surface area contributed by atoms with E-state index in [1.807, 2.05) is 41.0 Å². The van der Waals surface area contributed by atoms with E-state index in [1.54, 1.807) is 6.07 Å². The fourth-order valence-corrected chi connectivity index (χ4v) is 3.98. The van der Waals surface area contributed by atoms with Crippen molar-refractivity contribution in [3.63, 3.8) is 0 Å². The Bertz CT molecular complexity index is 937. The fraction of sp³-hybridized carbons (Fsp3) is 0.350. The Kier molecular flexibility index (Phi) is 4.17. The minimum Gasteiger partial charge on any atom is -0.306 e. The average molecular weight is 339 g/mol. The van der Waals surface area contributed by atoms with Crippen molar-refractivity contribution in [2.45, 2.75) is 31.8 Å². The van der Waals surface area contributed by atoms with Crippen molar-refractivity contribution in [3.8, 4) is 0 Å². The van der Waals surface area contributed by atoms with Crippen molar-refractivity contribution in [2.75, 3.05) is 13.1 Å². The molecule has 0 saturated carbocycles. The van der Waals surface area contributed by atoms with E-state index in [9.17, 15) is 9.18 Å². The molecule has 1 aromatic heterocycles. The number of hydrogen-bond donors (Lipinski definition) is 1. The highest BCUT2D eigenvalue weighted by molar-refractivity contribution is 5.75. The van der Waals surface area contributed by atoms with E-state index < -0.39 is 0 Å². The minimum absolute atomic E-state index is 0.0400. The van der Waals surface area contributed by atoms with Gasteiger partial charge in [0.1, 0.15) is 5.82 Å². The predicted octanol–water partition coefficient (Wildman–Crippen LogP) is 3.87. The number of halogens is 1. The van der Waals surface area contributed by atoms with E-state index in [4.69, 9.17) is 0 Å². The first kappa shape index (κ1) is 16.1. The van der Waals surface area contributed by atoms with Gasteiger partial charge in [0, 0.05) is 30.7 Å². The lowest BCUT2D eigenvalue weighted by molar-refractivity contribution is 0.141. The number of nitrogens with zero attached hydrogens (tertiary/aromatic N) is 2. The molecule has 1 N–H and O–H groups in total. The van der Waals surface area contributed by atoms with Crippen LogP contribution >= 0.6 is 0 Å². The van der Waals surface area contributed by atoms with Gasteiger partial charge in [-0.1, -0.05) is 30.3 Å². The Labute approximate surface area is 145 Å². The Morgan fingerprint density at radius 3 is 2.52 bits per heavy atom. The monoisotopic (exact) mass is 339 g/mol. The molecular weight excluding hydrogens is 317 g/mol. The summed E-state index contributed by atoms with van der Waals surface area (Å²) in [5, 5.41) is 0. The maximum Gasteiger partial charge on any atom is 0.326 e. The van der Waals surface area contributed by atoms with Crippen LogP contribution in [0.4, 0.5) is 4.39 Å². The molecule has 0 aliphatic carbocycles. The molecule has 1 fully saturated rings. The smallest absolute Gasteiger partial charge is 0.306 e. The molecule has 5 heteroatoms. The largest absolute Gasteiger partial charge is 0.326 e. The van der Waals surface area contributed by atoms with Gasteiger partial charge < -0.3 is 4.98 Å². The topological polar surface area (TPSA) is 41.0 Å². The van der Waals surface area contributed by atoms with Gasteiger partial charge in [-0.2, -0.15) is 0 Å². The van der Waals surface area contributed by atoms with Gasteiger partial charge in [0.15, 0.2) is 0 Å². The van der Waals surface area contributed by atoms with Crippen molar-refractivity contribution < 1.29 is 4.39 Å². The van der Waals surface area contributed by atoms with E-state index in [-0.39, 0.29) is 23.6 Å². The van der Waals surface area contributed by atoms with Crippen molar-refractivity contribution in [2.24, 2.45) is 0 Å². The average Bonchev–Trinajstić information content (AvgIpc) is 2.97. The van der Waals surface area contributed by atoms with E-state index in [2.05, 4.69) is 16.8 Å². The van der Waals surface area contributed by atoms with Gasteiger partial charge in [-0.3, -0.25) is 9.47 Å². The number of rotatable bonds is 3. The number of aromatic nitrogens is 2. The summed E-state index contributed by atoms with van der Waals surface area (Å²) in [6.07, 6.45) is 1.78. The third-order valence-electron chi connectivity index (χ3n) is 5.39. The highest BCUT2D eigenvalue weighted by Gasteiger charge is 2.27. The van der Waals surface area contributed by atoms with E-state index in [1.165, 1.54) is 6.07 Å². The molecule has 130 valence electrons. The summed E-state index contributed by atoms with van der Waals surface area (Å²) in [6.45, 7) is 3.76. The molecule has 1 saturated heterocycles. The van der Waals surface area contributed by atoms with Gasteiger partial charge in [-0.15, -0.1) is 0 Å². The summed E-state index contributed by atoms with van der Waals surface area (Å²) in [4.78, 5) is 17.6. The molecule has 2 aromatic carbocycles. The van der Waals surface area contributed by atoms with Crippen molar-refractivity contribution >= 4 is 11.0 Å². The SMILES string of the molecule is CC(c1ccccc1F)N1CCC(n2c(=O)[nH]c3ccccc32)CC1. The molecular formula is C20H22FN3O. The first-order chi connectivity index (χ1) is 12.1. The van der Waals surface area contributed by atoms with Crippen LogP contribution in [-0.4, -0.2) is 27.5 Å². The van der Waals surface area contributed by atoms with Gasteiger partial charge in [0.05, 0.1) is 11.0 Å². The van der Waals surface area contributed by atoms with Crippen molar-refractivity contribution in [1.29, 1.82) is 0 Å². The molecule has 1 aliphatic heterocycles. The zero-order chi connectivity index (χ0) is 17.4. The second kappa shape index (κ2) is 6.48. The molecule has 4 nitrogen and oxygen atoms in total. The summed E-state index contributed by atoms with van der Waals surface area (Å²) < 4.78 is 15.9. The van der Waals surface area contributed by atoms with Crippen LogP contribution in [0.5, 0.6) is 0 Å². The molecule has 0 radical (unpaired) electrons. The van der Waals surface area contributed by atoms with Crippen LogP contribution in [0.15, 0.2) is 53.3 Å². The summed E-state index contributed by atoms with van der Waals surface area (Å²) >= 11 is 0. The maximum atomic E-state index is 14.0. The first-order valence-electron chi connectivity index (χ1n) is 8.83. The van der Waals surface area contributed by atoms with Gasteiger partial charge in [-0.05, 0) is 38.0 Å². The molecule has 1 unspecified atom stereocenters. The number of nitrogens with one attached hydrogen (secondary N) is 1. The van der Waals surface area contributed by atoms with Crippen LogP contribution in [0.1, 0.15) is 37.4 Å². The molecule has 0 bridgehead atoms. The van der Waals surface area contributed by atoms with Gasteiger partial charge in [0.2, 0.25) is 0 Å². The molecule has 0 spiro atoms. The minimum atomic E-state index is -0.148. The lowest BCUT2D eigenvalue weighted by Crippen LogP contribution is -2.38. The normalized spacial score (nSPS) is 17.8. The second-order valence-electron chi connectivity index (χ2n) is 6.78. The molecule has 3 aromatic rings. The number of aromatic amines is 1. The van der Waals surface area contributed by atoms with E-state index in [0.29, 0.717) is 0 Å². The van der Waals surface area contributed by atoms with Crippen LogP contribution in [0.25, 0.3) is 11.0 Å². The standard InChI is InChI=1S/C20H22FN3O/c1-14(16-6-2-3-7-17(16)21)23-12-10-15(11-13-23)24-19-9-5-4-8-18(19)22-20(24)25/h2-9,14-15H,10-13H2,1H3,(H,22,25). The fourth-order valence-electron chi connectivity index (χ4n) is 3.98. The van der Waals surface area contributed by atoms with Crippen LogP contribution in [0.3, 0.4) is 0 Å². The zero-order valence-electron chi connectivity index (χ0n) is 14.3. The predicted molar refractivity (Wildman–Crippen MR) is 97.2 cm³/mol. The van der Waals surface area contributed by atoms with Crippen LogP contribution < -0.4 is 5.69 Å². The summed E-state index contributed by atoms with van der Waals surface area (Å²) in [5.41, 5.74) is 2.55. The molecule has 1 aliphatic rings. The van der Waals surface area contributed by atoms with Gasteiger partial charge in [-0.25, -0.2) is 9.18 Å². The van der Waals surface area contributed by atoms with Crippen LogP contribution in [0.2, 0.25) is 0 Å². The molecule has 25 heavy (non-hydrogen) atoms. The quantitative estimate of drug-likeness (QED) is 0.787. The maximum absolute atomic E-state index is 14.0. The van der Waals surface area contributed by atoms with Crippen molar-refractivity contribution in [1.82, 2.24) is 14.5 Å². The number of benzene rings is 2. The van der Waals surface area contributed by atoms with Crippen LogP contribution in [0, 0.1) is 5.82 Å². The Morgan fingerprint density at radius 1 is 1.08 bits per heavy atom. The number of H-pyrrole nitrogens is 1.